The zero-order valence-electron chi connectivity index (χ0n) is 12.9. The molecule has 2 fully saturated rings. The Labute approximate surface area is 136 Å². The molecule has 1 unspecified atom stereocenters. The lowest BCUT2D eigenvalue weighted by Gasteiger charge is -2.48. The van der Waals surface area contributed by atoms with Crippen LogP contribution in [0, 0.1) is 5.82 Å². The van der Waals surface area contributed by atoms with Gasteiger partial charge in [0.15, 0.2) is 0 Å². The second-order valence-electron chi connectivity index (χ2n) is 6.97. The number of nitrogens with zero attached hydrogens (tertiary/aromatic N) is 1. The van der Waals surface area contributed by atoms with E-state index in [2.05, 4.69) is 4.90 Å². The molecular formula is C17H23ClFNO2. The molecule has 0 bridgehead atoms. The molecule has 1 aromatic carbocycles. The van der Waals surface area contributed by atoms with Crippen LogP contribution in [0.4, 0.5) is 4.39 Å². The predicted molar refractivity (Wildman–Crippen MR) is 84.5 cm³/mol. The number of rotatable bonds is 2. The van der Waals surface area contributed by atoms with Crippen LogP contribution < -0.4 is 0 Å². The summed E-state index contributed by atoms with van der Waals surface area (Å²) in [6, 6.07) is 4.50. The highest BCUT2D eigenvalue weighted by Gasteiger charge is 2.44. The standard InChI is InChI=1S/C17H23ClFNO2/c1-16(21)6-9-22-17(12-16)4-7-20(8-5-17)11-13-10-14(19)2-3-15(13)18/h2-3,10,21H,4-9,11-12H2,1H3. The Kier molecular flexibility index (Phi) is 4.47. The minimum absolute atomic E-state index is 0.190. The average Bonchev–Trinajstić information content (AvgIpc) is 2.44. The monoisotopic (exact) mass is 327 g/mol. The number of hydrogen-bond donors (Lipinski definition) is 1. The summed E-state index contributed by atoms with van der Waals surface area (Å²) in [5.41, 5.74) is 0.0187. The van der Waals surface area contributed by atoms with Gasteiger partial charge in [0.2, 0.25) is 0 Å². The SMILES string of the molecule is CC1(O)CCOC2(CCN(Cc3cc(F)ccc3Cl)CC2)C1. The summed E-state index contributed by atoms with van der Waals surface area (Å²) in [4.78, 5) is 2.28. The van der Waals surface area contributed by atoms with Gasteiger partial charge >= 0.3 is 0 Å². The van der Waals surface area contributed by atoms with Crippen LogP contribution in [-0.2, 0) is 11.3 Å². The fourth-order valence-corrected chi connectivity index (χ4v) is 3.84. The summed E-state index contributed by atoms with van der Waals surface area (Å²) in [5, 5.41) is 10.9. The summed E-state index contributed by atoms with van der Waals surface area (Å²) in [5.74, 6) is -0.250. The molecule has 22 heavy (non-hydrogen) atoms. The van der Waals surface area contributed by atoms with E-state index in [9.17, 15) is 9.50 Å². The fourth-order valence-electron chi connectivity index (χ4n) is 3.67. The molecule has 0 saturated carbocycles. The van der Waals surface area contributed by atoms with Gasteiger partial charge in [-0.2, -0.15) is 0 Å². The number of hydrogen-bond acceptors (Lipinski definition) is 3. The van der Waals surface area contributed by atoms with E-state index < -0.39 is 5.60 Å². The quantitative estimate of drug-likeness (QED) is 0.904. The molecule has 3 rings (SSSR count). The molecule has 1 aromatic rings. The van der Waals surface area contributed by atoms with E-state index in [0.717, 1.165) is 31.5 Å². The van der Waals surface area contributed by atoms with E-state index in [1.807, 2.05) is 6.92 Å². The van der Waals surface area contributed by atoms with Crippen molar-refractivity contribution in [3.63, 3.8) is 0 Å². The first kappa shape index (κ1) is 16.2. The minimum Gasteiger partial charge on any atom is -0.390 e. The summed E-state index contributed by atoms with van der Waals surface area (Å²) in [7, 11) is 0. The third kappa shape index (κ3) is 3.62. The molecular weight excluding hydrogens is 305 g/mol. The molecule has 1 N–H and O–H groups in total. The molecule has 0 amide bonds. The number of halogens is 2. The maximum Gasteiger partial charge on any atom is 0.123 e. The topological polar surface area (TPSA) is 32.7 Å². The van der Waals surface area contributed by atoms with E-state index in [1.165, 1.54) is 12.1 Å². The van der Waals surface area contributed by atoms with Crippen LogP contribution in [0.3, 0.4) is 0 Å². The van der Waals surface area contributed by atoms with Crippen LogP contribution in [0.1, 0.15) is 38.2 Å². The van der Waals surface area contributed by atoms with Crippen molar-refractivity contribution in [1.29, 1.82) is 0 Å². The first-order valence-corrected chi connectivity index (χ1v) is 8.28. The molecule has 2 heterocycles. The van der Waals surface area contributed by atoms with Crippen molar-refractivity contribution < 1.29 is 14.2 Å². The zero-order valence-corrected chi connectivity index (χ0v) is 13.7. The maximum atomic E-state index is 13.3. The Morgan fingerprint density at radius 3 is 2.73 bits per heavy atom. The molecule has 5 heteroatoms. The average molecular weight is 328 g/mol. The van der Waals surface area contributed by atoms with Crippen molar-refractivity contribution in [2.24, 2.45) is 0 Å². The van der Waals surface area contributed by atoms with Gasteiger partial charge in [0, 0.05) is 31.1 Å². The number of likely N-dealkylation sites (tertiary alicyclic amines) is 1. The van der Waals surface area contributed by atoms with Gasteiger partial charge in [-0.1, -0.05) is 11.6 Å². The number of benzene rings is 1. The zero-order chi connectivity index (χ0) is 15.8. The highest BCUT2D eigenvalue weighted by Crippen LogP contribution is 2.39. The first-order valence-electron chi connectivity index (χ1n) is 7.90. The van der Waals surface area contributed by atoms with E-state index in [1.54, 1.807) is 6.07 Å². The lowest BCUT2D eigenvalue weighted by Crippen LogP contribution is -2.53. The second kappa shape index (κ2) is 6.08. The predicted octanol–water partition coefficient (Wildman–Crippen LogP) is 3.38. The van der Waals surface area contributed by atoms with Gasteiger partial charge in [-0.05, 0) is 49.9 Å². The van der Waals surface area contributed by atoms with E-state index in [-0.39, 0.29) is 11.4 Å². The third-order valence-corrected chi connectivity index (χ3v) is 5.29. The molecule has 2 aliphatic heterocycles. The lowest BCUT2D eigenvalue weighted by atomic mass is 9.78. The molecule has 1 spiro atoms. The van der Waals surface area contributed by atoms with Crippen molar-refractivity contribution in [2.45, 2.75) is 50.4 Å². The van der Waals surface area contributed by atoms with Crippen LogP contribution in [0.15, 0.2) is 18.2 Å². The third-order valence-electron chi connectivity index (χ3n) is 4.92. The summed E-state index contributed by atoms with van der Waals surface area (Å²) in [6.45, 7) is 4.94. The summed E-state index contributed by atoms with van der Waals surface area (Å²) < 4.78 is 19.4. The van der Waals surface area contributed by atoms with Crippen LogP contribution in [0.25, 0.3) is 0 Å². The van der Waals surface area contributed by atoms with Crippen molar-refractivity contribution in [3.8, 4) is 0 Å². The van der Waals surface area contributed by atoms with Crippen LogP contribution in [0.5, 0.6) is 0 Å². The Balaban J connectivity index is 1.61. The van der Waals surface area contributed by atoms with Gasteiger partial charge in [0.05, 0.1) is 17.8 Å². The largest absolute Gasteiger partial charge is 0.390 e. The highest BCUT2D eigenvalue weighted by atomic mass is 35.5. The molecule has 122 valence electrons. The minimum atomic E-state index is -0.619. The van der Waals surface area contributed by atoms with Crippen molar-refractivity contribution in [3.05, 3.63) is 34.6 Å². The lowest BCUT2D eigenvalue weighted by molar-refractivity contribution is -0.173. The van der Waals surface area contributed by atoms with Gasteiger partial charge in [-0.25, -0.2) is 4.39 Å². The van der Waals surface area contributed by atoms with Gasteiger partial charge in [0.1, 0.15) is 5.82 Å². The molecule has 2 saturated heterocycles. The van der Waals surface area contributed by atoms with E-state index in [4.69, 9.17) is 16.3 Å². The van der Waals surface area contributed by atoms with Crippen molar-refractivity contribution >= 4 is 11.6 Å². The number of aliphatic hydroxyl groups is 1. The Morgan fingerprint density at radius 1 is 1.32 bits per heavy atom. The van der Waals surface area contributed by atoms with Gasteiger partial charge < -0.3 is 9.84 Å². The Morgan fingerprint density at radius 2 is 2.05 bits per heavy atom. The Hall–Kier alpha value is -0.680. The first-order chi connectivity index (χ1) is 10.4. The maximum absolute atomic E-state index is 13.3. The summed E-state index contributed by atoms with van der Waals surface area (Å²) >= 11 is 6.14. The molecule has 1 atom stereocenters. The second-order valence-corrected chi connectivity index (χ2v) is 7.37. The Bertz CT molecular complexity index is 541. The molecule has 0 radical (unpaired) electrons. The van der Waals surface area contributed by atoms with E-state index >= 15 is 0 Å². The van der Waals surface area contributed by atoms with Crippen LogP contribution in [0.2, 0.25) is 5.02 Å². The smallest absolute Gasteiger partial charge is 0.123 e. The molecule has 3 nitrogen and oxygen atoms in total. The highest BCUT2D eigenvalue weighted by molar-refractivity contribution is 6.31. The number of ether oxygens (including phenoxy) is 1. The van der Waals surface area contributed by atoms with E-state index in [0.29, 0.717) is 31.0 Å². The molecule has 0 aliphatic carbocycles. The molecule has 2 aliphatic rings. The van der Waals surface area contributed by atoms with Gasteiger partial charge in [0.25, 0.3) is 0 Å². The van der Waals surface area contributed by atoms with Crippen molar-refractivity contribution in [1.82, 2.24) is 4.90 Å². The molecule has 0 aromatic heterocycles. The fraction of sp³-hybridized carbons (Fsp3) is 0.647. The van der Waals surface area contributed by atoms with Crippen LogP contribution >= 0.6 is 11.6 Å². The van der Waals surface area contributed by atoms with Gasteiger partial charge in [-0.3, -0.25) is 4.90 Å². The van der Waals surface area contributed by atoms with Crippen LogP contribution in [-0.4, -0.2) is 40.9 Å². The number of piperidine rings is 1. The normalized spacial score (nSPS) is 28.9. The van der Waals surface area contributed by atoms with Crippen molar-refractivity contribution in [2.75, 3.05) is 19.7 Å². The summed E-state index contributed by atoms with van der Waals surface area (Å²) in [6.07, 6.45) is 3.21. The van der Waals surface area contributed by atoms with Gasteiger partial charge in [-0.15, -0.1) is 0 Å².